The number of fused-ring (bicyclic) bond motifs is 1. The number of carbonyl (C=O) groups is 2. The molecule has 1 aromatic heterocycles. The fourth-order valence-electron chi connectivity index (χ4n) is 5.21. The third-order valence-electron chi connectivity index (χ3n) is 7.67. The smallest absolute Gasteiger partial charge is 0.354 e. The predicted octanol–water partition coefficient (Wildman–Crippen LogP) is -0.571. The average Bonchev–Trinajstić information content (AvgIpc) is 3.28. The first kappa shape index (κ1) is 28.0. The normalized spacial score (nSPS) is 24.3. The SMILES string of the molecule is C[C@](N)(CO)C(=O)N1CCN(C(=O)Nc2ccn(-c3ccc(CN4CC5C(N)C5C4)cc3)c(=O)n2)CC1.Cl. The maximum atomic E-state index is 12.7. The maximum Gasteiger partial charge on any atom is 0.354 e. The number of carbonyl (C=O) groups excluding carboxylic acids is 2. The van der Waals surface area contributed by atoms with Gasteiger partial charge in [-0.05, 0) is 42.5 Å². The quantitative estimate of drug-likeness (QED) is 0.374. The lowest BCUT2D eigenvalue weighted by atomic mass is 10.0. The monoisotopic (exact) mass is 546 g/mol. The van der Waals surface area contributed by atoms with Crippen LogP contribution in [-0.2, 0) is 11.3 Å². The van der Waals surface area contributed by atoms with E-state index in [1.165, 1.54) is 22.0 Å². The summed E-state index contributed by atoms with van der Waals surface area (Å²) in [5, 5.41) is 12.0. The van der Waals surface area contributed by atoms with Crippen molar-refractivity contribution in [3.8, 4) is 5.69 Å². The Morgan fingerprint density at radius 2 is 1.68 bits per heavy atom. The van der Waals surface area contributed by atoms with Gasteiger partial charge in [0, 0.05) is 58.1 Å². The van der Waals surface area contributed by atoms with Gasteiger partial charge in [0.2, 0.25) is 5.91 Å². The number of aliphatic hydroxyl groups is 1. The van der Waals surface area contributed by atoms with Crippen LogP contribution in [0.15, 0.2) is 41.3 Å². The summed E-state index contributed by atoms with van der Waals surface area (Å²) < 4.78 is 1.43. The van der Waals surface area contributed by atoms with Crippen LogP contribution in [0.25, 0.3) is 5.69 Å². The Bertz CT molecular complexity index is 1220. The molecule has 206 valence electrons. The standard InChI is InChI=1S/C25H34N8O4.ClH/c1-25(27,15-34)22(35)31-8-10-32(11-9-31)23(36)28-20-6-7-33(24(37)29-20)17-4-2-16(3-5-17)12-30-13-18-19(14-30)21(18)26;/h2-7,18-19,21,34H,8-15,26-27H2,1H3,(H,28,29,36,37);1H/t18?,19?,21?,25-;/m0./s1. The van der Waals surface area contributed by atoms with Gasteiger partial charge in [0.15, 0.2) is 0 Å². The van der Waals surface area contributed by atoms with Crippen LogP contribution in [0.1, 0.15) is 12.5 Å². The lowest BCUT2D eigenvalue weighted by molar-refractivity contribution is -0.139. The van der Waals surface area contributed by atoms with Crippen molar-refractivity contribution in [1.29, 1.82) is 0 Å². The Hall–Kier alpha value is -3.03. The second kappa shape index (κ2) is 11.0. The molecule has 6 N–H and O–H groups in total. The van der Waals surface area contributed by atoms with Crippen molar-refractivity contribution >= 4 is 30.2 Å². The Labute approximate surface area is 227 Å². The number of piperidine rings is 1. The zero-order valence-electron chi connectivity index (χ0n) is 21.3. The second-order valence-electron chi connectivity index (χ2n) is 10.5. The van der Waals surface area contributed by atoms with Crippen molar-refractivity contribution in [1.82, 2.24) is 24.3 Å². The second-order valence-corrected chi connectivity index (χ2v) is 10.5. The van der Waals surface area contributed by atoms with Crippen LogP contribution < -0.4 is 22.5 Å². The fourth-order valence-corrected chi connectivity index (χ4v) is 5.21. The number of nitrogens with two attached hydrogens (primary N) is 2. The summed E-state index contributed by atoms with van der Waals surface area (Å²) in [5.41, 5.74) is 11.9. The predicted molar refractivity (Wildman–Crippen MR) is 144 cm³/mol. The number of aromatic nitrogens is 2. The van der Waals surface area contributed by atoms with Crippen LogP contribution >= 0.6 is 12.4 Å². The van der Waals surface area contributed by atoms with Gasteiger partial charge < -0.3 is 26.4 Å². The summed E-state index contributed by atoms with van der Waals surface area (Å²) in [5.74, 6) is 1.10. The molecule has 2 saturated heterocycles. The Balaban J connectivity index is 0.00000336. The highest BCUT2D eigenvalue weighted by Gasteiger charge is 2.53. The van der Waals surface area contributed by atoms with E-state index in [9.17, 15) is 19.5 Å². The van der Waals surface area contributed by atoms with Crippen molar-refractivity contribution in [3.05, 3.63) is 52.6 Å². The first-order valence-corrected chi connectivity index (χ1v) is 12.6. The van der Waals surface area contributed by atoms with Gasteiger partial charge in [0.05, 0.1) is 12.3 Å². The van der Waals surface area contributed by atoms with Gasteiger partial charge in [-0.25, -0.2) is 9.59 Å². The zero-order chi connectivity index (χ0) is 26.3. The van der Waals surface area contributed by atoms with E-state index in [0.29, 0.717) is 49.7 Å². The Morgan fingerprint density at radius 1 is 1.08 bits per heavy atom. The molecule has 2 aliphatic heterocycles. The number of nitrogens with zero attached hydrogens (tertiary/aromatic N) is 5. The average molecular weight is 547 g/mol. The largest absolute Gasteiger partial charge is 0.394 e. The molecular weight excluding hydrogens is 512 g/mol. The lowest BCUT2D eigenvalue weighted by Crippen LogP contribution is -2.60. The van der Waals surface area contributed by atoms with E-state index >= 15 is 0 Å². The molecule has 1 aliphatic carbocycles. The van der Waals surface area contributed by atoms with Gasteiger partial charge in [-0.15, -0.1) is 12.4 Å². The molecule has 2 unspecified atom stereocenters. The van der Waals surface area contributed by atoms with Gasteiger partial charge >= 0.3 is 11.7 Å². The first-order valence-electron chi connectivity index (χ1n) is 12.6. The van der Waals surface area contributed by atoms with Crippen molar-refractivity contribution in [3.63, 3.8) is 0 Å². The number of amides is 3. The molecule has 1 saturated carbocycles. The molecule has 0 radical (unpaired) electrons. The topological polar surface area (TPSA) is 163 Å². The lowest BCUT2D eigenvalue weighted by Gasteiger charge is -2.37. The van der Waals surface area contributed by atoms with Gasteiger partial charge in [-0.1, -0.05) is 12.1 Å². The van der Waals surface area contributed by atoms with Crippen LogP contribution in [0.5, 0.6) is 0 Å². The van der Waals surface area contributed by atoms with Crippen molar-refractivity contribution in [2.45, 2.75) is 25.0 Å². The molecule has 0 spiro atoms. The maximum absolute atomic E-state index is 12.7. The number of aliphatic hydroxyl groups excluding tert-OH is 1. The number of hydrogen-bond donors (Lipinski definition) is 4. The van der Waals surface area contributed by atoms with Gasteiger partial charge in [0.1, 0.15) is 11.4 Å². The molecule has 13 heteroatoms. The minimum Gasteiger partial charge on any atom is -0.394 e. The Kier molecular flexibility index (Phi) is 8.09. The summed E-state index contributed by atoms with van der Waals surface area (Å²) >= 11 is 0. The number of piperazine rings is 1. The van der Waals surface area contributed by atoms with E-state index in [1.54, 1.807) is 17.2 Å². The van der Waals surface area contributed by atoms with Gasteiger partial charge in [-0.3, -0.25) is 19.6 Å². The van der Waals surface area contributed by atoms with E-state index in [0.717, 1.165) is 19.6 Å². The van der Waals surface area contributed by atoms with Gasteiger partial charge in [-0.2, -0.15) is 4.98 Å². The zero-order valence-corrected chi connectivity index (χ0v) is 22.1. The van der Waals surface area contributed by atoms with Crippen LogP contribution in [0.4, 0.5) is 10.6 Å². The van der Waals surface area contributed by atoms with Crippen molar-refractivity contribution < 1.29 is 14.7 Å². The number of anilines is 1. The molecule has 3 fully saturated rings. The molecule has 3 aliphatic rings. The fraction of sp³-hybridized carbons (Fsp3) is 0.520. The summed E-state index contributed by atoms with van der Waals surface area (Å²) in [6.07, 6.45) is 1.59. The molecule has 12 nitrogen and oxygen atoms in total. The summed E-state index contributed by atoms with van der Waals surface area (Å²) in [4.78, 5) is 47.2. The molecule has 3 amide bonds. The van der Waals surface area contributed by atoms with E-state index in [1.807, 2.05) is 24.3 Å². The van der Waals surface area contributed by atoms with Crippen LogP contribution in [0.2, 0.25) is 0 Å². The van der Waals surface area contributed by atoms with Gasteiger partial charge in [0.25, 0.3) is 0 Å². The molecule has 3 heterocycles. The highest BCUT2D eigenvalue weighted by atomic mass is 35.5. The summed E-state index contributed by atoms with van der Waals surface area (Å²) in [6.45, 7) is 5.19. The molecule has 38 heavy (non-hydrogen) atoms. The number of halogens is 1. The number of urea groups is 1. The molecule has 2 aromatic rings. The highest BCUT2D eigenvalue weighted by molar-refractivity contribution is 5.89. The minimum absolute atomic E-state index is 0. The summed E-state index contributed by atoms with van der Waals surface area (Å²) in [6, 6.07) is 9.37. The molecule has 5 rings (SSSR count). The van der Waals surface area contributed by atoms with E-state index < -0.39 is 23.9 Å². The van der Waals surface area contributed by atoms with Crippen LogP contribution in [0.3, 0.4) is 0 Å². The summed E-state index contributed by atoms with van der Waals surface area (Å²) in [7, 11) is 0. The number of rotatable bonds is 6. The molecular formula is C25H35ClN8O4. The number of benzene rings is 1. The van der Waals surface area contributed by atoms with E-state index in [2.05, 4.69) is 15.2 Å². The van der Waals surface area contributed by atoms with Crippen molar-refractivity contribution in [2.24, 2.45) is 23.3 Å². The van der Waals surface area contributed by atoms with Crippen LogP contribution in [0, 0.1) is 11.8 Å². The first-order chi connectivity index (χ1) is 17.7. The van der Waals surface area contributed by atoms with E-state index in [-0.39, 0.29) is 24.1 Å². The van der Waals surface area contributed by atoms with Crippen LogP contribution in [-0.4, -0.2) is 98.8 Å². The number of likely N-dealkylation sites (tertiary alicyclic amines) is 1. The van der Waals surface area contributed by atoms with Crippen molar-refractivity contribution in [2.75, 3.05) is 51.2 Å². The third kappa shape index (κ3) is 5.69. The highest BCUT2D eigenvalue weighted by Crippen LogP contribution is 2.44. The molecule has 0 bridgehead atoms. The molecule has 3 atom stereocenters. The Morgan fingerprint density at radius 3 is 2.26 bits per heavy atom. The minimum atomic E-state index is -1.35. The van der Waals surface area contributed by atoms with E-state index in [4.69, 9.17) is 11.5 Å². The number of hydrogen-bond acceptors (Lipinski definition) is 8. The molecule has 1 aromatic carbocycles. The number of nitrogens with one attached hydrogen (secondary N) is 1. The third-order valence-corrected chi connectivity index (χ3v) is 7.67.